The number of benzene rings is 1. The van der Waals surface area contributed by atoms with Gasteiger partial charge in [-0.05, 0) is 51.5 Å². The number of nitrogens with zero attached hydrogens (tertiary/aromatic N) is 1. The third-order valence-corrected chi connectivity index (χ3v) is 4.62. The predicted octanol–water partition coefficient (Wildman–Crippen LogP) is 3.14. The Morgan fingerprint density at radius 3 is 2.50 bits per heavy atom. The van der Waals surface area contributed by atoms with E-state index in [2.05, 4.69) is 20.9 Å². The van der Waals surface area contributed by atoms with Crippen LogP contribution in [0.3, 0.4) is 0 Å². The summed E-state index contributed by atoms with van der Waals surface area (Å²) in [4.78, 5) is 29.4. The zero-order chi connectivity index (χ0) is 17.7. The maximum absolute atomic E-state index is 12.0. The van der Waals surface area contributed by atoms with E-state index in [0.29, 0.717) is 24.3 Å². The van der Waals surface area contributed by atoms with Crippen molar-refractivity contribution < 1.29 is 9.59 Å². The van der Waals surface area contributed by atoms with Gasteiger partial charge in [-0.25, -0.2) is 9.78 Å². The molecule has 0 bridgehead atoms. The number of rotatable bonds is 5. The zero-order valence-corrected chi connectivity index (χ0v) is 15.1. The van der Waals surface area contributed by atoms with Gasteiger partial charge in [0.05, 0.1) is 12.2 Å². The number of carbonyl (C=O) groups is 2. The van der Waals surface area contributed by atoms with Crippen LogP contribution < -0.4 is 16.0 Å². The second kappa shape index (κ2) is 7.92. The number of aryl methyl sites for hydroxylation is 3. The van der Waals surface area contributed by atoms with E-state index in [-0.39, 0.29) is 11.9 Å². The zero-order valence-electron chi connectivity index (χ0n) is 14.3. The van der Waals surface area contributed by atoms with Gasteiger partial charge in [-0.15, -0.1) is 11.3 Å². The van der Waals surface area contributed by atoms with Gasteiger partial charge in [-0.1, -0.05) is 0 Å². The molecule has 0 radical (unpaired) electrons. The molecule has 1 aromatic carbocycles. The van der Waals surface area contributed by atoms with Gasteiger partial charge in [-0.2, -0.15) is 0 Å². The van der Waals surface area contributed by atoms with Crippen molar-refractivity contribution in [3.63, 3.8) is 0 Å². The van der Waals surface area contributed by atoms with Crippen molar-refractivity contribution in [1.29, 1.82) is 0 Å². The highest BCUT2D eigenvalue weighted by Crippen LogP contribution is 2.18. The number of hydrogen-bond acceptors (Lipinski definition) is 4. The van der Waals surface area contributed by atoms with Crippen LogP contribution in [0.1, 0.15) is 38.4 Å². The second-order valence-electron chi connectivity index (χ2n) is 5.45. The second-order valence-corrected chi connectivity index (χ2v) is 6.73. The number of urea groups is 1. The predicted molar refractivity (Wildman–Crippen MR) is 96.6 cm³/mol. The van der Waals surface area contributed by atoms with Crippen molar-refractivity contribution in [2.24, 2.45) is 0 Å². The molecule has 128 valence electrons. The summed E-state index contributed by atoms with van der Waals surface area (Å²) < 4.78 is 0. The van der Waals surface area contributed by atoms with Crippen LogP contribution >= 0.6 is 11.3 Å². The van der Waals surface area contributed by atoms with E-state index in [1.807, 2.05) is 27.7 Å². The van der Waals surface area contributed by atoms with Crippen LogP contribution in [0.4, 0.5) is 10.5 Å². The third kappa shape index (κ3) is 4.55. The van der Waals surface area contributed by atoms with Gasteiger partial charge in [0.25, 0.3) is 5.91 Å². The molecule has 6 nitrogen and oxygen atoms in total. The minimum absolute atomic E-state index is 0.119. The monoisotopic (exact) mass is 346 g/mol. The SMILES string of the molecule is CCNC(=O)c1ccc(NC(=O)NCc2nc(C)c(C)s2)c(C)c1. The molecule has 0 spiro atoms. The maximum atomic E-state index is 12.0. The minimum atomic E-state index is -0.297. The fourth-order valence-electron chi connectivity index (χ4n) is 2.14. The van der Waals surface area contributed by atoms with Crippen LogP contribution in [0.25, 0.3) is 0 Å². The maximum Gasteiger partial charge on any atom is 0.319 e. The van der Waals surface area contributed by atoms with Gasteiger partial charge < -0.3 is 16.0 Å². The van der Waals surface area contributed by atoms with Gasteiger partial charge in [0.2, 0.25) is 0 Å². The third-order valence-electron chi connectivity index (χ3n) is 3.55. The lowest BCUT2D eigenvalue weighted by molar-refractivity contribution is 0.0955. The largest absolute Gasteiger partial charge is 0.352 e. The van der Waals surface area contributed by atoms with Crippen LogP contribution in [0, 0.1) is 20.8 Å². The highest BCUT2D eigenvalue weighted by atomic mass is 32.1. The Morgan fingerprint density at radius 2 is 1.92 bits per heavy atom. The van der Waals surface area contributed by atoms with Gasteiger partial charge >= 0.3 is 6.03 Å². The molecule has 24 heavy (non-hydrogen) atoms. The number of hydrogen-bond donors (Lipinski definition) is 3. The Labute approximate surface area is 145 Å². The van der Waals surface area contributed by atoms with Crippen molar-refractivity contribution in [1.82, 2.24) is 15.6 Å². The van der Waals surface area contributed by atoms with Crippen molar-refractivity contribution in [2.45, 2.75) is 34.2 Å². The van der Waals surface area contributed by atoms with Gasteiger partial charge in [0.1, 0.15) is 5.01 Å². The first-order chi connectivity index (χ1) is 11.4. The molecule has 2 rings (SSSR count). The van der Waals surface area contributed by atoms with Crippen molar-refractivity contribution in [2.75, 3.05) is 11.9 Å². The molecule has 0 saturated heterocycles. The summed E-state index contributed by atoms with van der Waals surface area (Å²) >= 11 is 1.58. The number of thiazole rings is 1. The van der Waals surface area contributed by atoms with Crippen LogP contribution in [-0.2, 0) is 6.54 Å². The molecule has 3 amide bonds. The Morgan fingerprint density at radius 1 is 1.17 bits per heavy atom. The van der Waals surface area contributed by atoms with Crippen molar-refractivity contribution in [3.05, 3.63) is 44.9 Å². The summed E-state index contributed by atoms with van der Waals surface area (Å²) in [6.07, 6.45) is 0. The Balaban J connectivity index is 1.95. The summed E-state index contributed by atoms with van der Waals surface area (Å²) in [5.41, 5.74) is 3.07. The number of anilines is 1. The lowest BCUT2D eigenvalue weighted by Gasteiger charge is -2.11. The fourth-order valence-corrected chi connectivity index (χ4v) is 3.02. The molecule has 2 aromatic rings. The van der Waals surface area contributed by atoms with E-state index >= 15 is 0 Å². The van der Waals surface area contributed by atoms with Crippen LogP contribution in [0.2, 0.25) is 0 Å². The quantitative estimate of drug-likeness (QED) is 0.778. The molecule has 1 aromatic heterocycles. The smallest absolute Gasteiger partial charge is 0.319 e. The minimum Gasteiger partial charge on any atom is -0.352 e. The molecule has 0 atom stereocenters. The average molecular weight is 346 g/mol. The number of carbonyl (C=O) groups excluding carboxylic acids is 2. The van der Waals surface area contributed by atoms with Crippen molar-refractivity contribution in [3.8, 4) is 0 Å². The van der Waals surface area contributed by atoms with Gasteiger partial charge in [0.15, 0.2) is 0 Å². The Hall–Kier alpha value is -2.41. The summed E-state index contributed by atoms with van der Waals surface area (Å²) in [6.45, 7) is 8.66. The first kappa shape index (κ1) is 17.9. The molecular weight excluding hydrogens is 324 g/mol. The van der Waals surface area contributed by atoms with Gasteiger partial charge in [-0.3, -0.25) is 4.79 Å². The Kier molecular flexibility index (Phi) is 5.92. The standard InChI is InChI=1S/C17H22N4O2S/c1-5-18-16(22)13-6-7-14(10(2)8-13)21-17(23)19-9-15-20-11(3)12(4)24-15/h6-8H,5,9H2,1-4H3,(H,18,22)(H2,19,21,23). The van der Waals surface area contributed by atoms with Crippen LogP contribution in [0.5, 0.6) is 0 Å². The van der Waals surface area contributed by atoms with Crippen LogP contribution in [0.15, 0.2) is 18.2 Å². The normalized spacial score (nSPS) is 10.3. The fraction of sp³-hybridized carbons (Fsp3) is 0.353. The highest BCUT2D eigenvalue weighted by Gasteiger charge is 2.10. The molecule has 0 aliphatic carbocycles. The summed E-state index contributed by atoms with van der Waals surface area (Å²) in [6, 6.07) is 4.89. The Bertz CT molecular complexity index is 736. The molecule has 1 heterocycles. The molecule has 3 N–H and O–H groups in total. The van der Waals surface area contributed by atoms with Crippen LogP contribution in [-0.4, -0.2) is 23.5 Å². The topological polar surface area (TPSA) is 83.1 Å². The summed E-state index contributed by atoms with van der Waals surface area (Å²) in [7, 11) is 0. The average Bonchev–Trinajstić information content (AvgIpc) is 2.86. The molecule has 0 fully saturated rings. The van der Waals surface area contributed by atoms with E-state index in [9.17, 15) is 9.59 Å². The lowest BCUT2D eigenvalue weighted by Crippen LogP contribution is -2.28. The molecule has 7 heteroatoms. The van der Waals surface area contributed by atoms with E-state index < -0.39 is 0 Å². The van der Waals surface area contributed by atoms with Crippen molar-refractivity contribution >= 4 is 29.0 Å². The van der Waals surface area contributed by atoms with E-state index in [4.69, 9.17) is 0 Å². The molecule has 0 saturated carbocycles. The molecule has 0 aliphatic rings. The van der Waals surface area contributed by atoms with E-state index in [1.165, 1.54) is 0 Å². The number of amides is 3. The summed E-state index contributed by atoms with van der Waals surface area (Å²) in [5.74, 6) is -0.119. The number of aromatic nitrogens is 1. The van der Waals surface area contributed by atoms with Gasteiger partial charge in [0, 0.05) is 22.7 Å². The molecule has 0 unspecified atom stereocenters. The number of nitrogens with one attached hydrogen (secondary N) is 3. The van der Waals surface area contributed by atoms with E-state index in [0.717, 1.165) is 21.1 Å². The van der Waals surface area contributed by atoms with E-state index in [1.54, 1.807) is 29.5 Å². The molecule has 0 aliphatic heterocycles. The first-order valence-electron chi connectivity index (χ1n) is 7.77. The lowest BCUT2D eigenvalue weighted by atomic mass is 10.1. The summed E-state index contributed by atoms with van der Waals surface area (Å²) in [5, 5.41) is 9.21. The first-order valence-corrected chi connectivity index (χ1v) is 8.59. The highest BCUT2D eigenvalue weighted by molar-refractivity contribution is 7.11. The molecular formula is C17H22N4O2S.